The van der Waals surface area contributed by atoms with Crippen molar-refractivity contribution in [3.8, 4) is 0 Å². The van der Waals surface area contributed by atoms with Crippen LogP contribution in [0.5, 0.6) is 0 Å². The number of allylic oxidation sites excluding steroid dienone is 1. The lowest BCUT2D eigenvalue weighted by molar-refractivity contribution is -0.118. The van der Waals surface area contributed by atoms with E-state index in [0.717, 1.165) is 16.5 Å². The van der Waals surface area contributed by atoms with Gasteiger partial charge >= 0.3 is 0 Å². The van der Waals surface area contributed by atoms with E-state index in [2.05, 4.69) is 21.7 Å². The largest absolute Gasteiger partial charge is 0.313 e. The van der Waals surface area contributed by atoms with Crippen LogP contribution in [0, 0.1) is 0 Å². The molecule has 2 heterocycles. The van der Waals surface area contributed by atoms with Gasteiger partial charge in [-0.2, -0.15) is 10.1 Å². The minimum Gasteiger partial charge on any atom is -0.313 e. The molecule has 3 aromatic rings. The van der Waals surface area contributed by atoms with Gasteiger partial charge in [-0.15, -0.1) is 6.58 Å². The molecule has 10 heteroatoms. The minimum absolute atomic E-state index is 0.0169. The van der Waals surface area contributed by atoms with Gasteiger partial charge in [0, 0.05) is 12.8 Å². The Morgan fingerprint density at radius 3 is 2.88 bits per heavy atom. The van der Waals surface area contributed by atoms with Crippen molar-refractivity contribution < 1.29 is 13.2 Å². The summed E-state index contributed by atoms with van der Waals surface area (Å²) in [6, 6.07) is 4.85. The maximum Gasteiger partial charge on any atom is 0.270 e. The van der Waals surface area contributed by atoms with Crippen molar-refractivity contribution in [2.24, 2.45) is 4.99 Å². The zero-order chi connectivity index (χ0) is 18.0. The van der Waals surface area contributed by atoms with E-state index in [9.17, 15) is 13.2 Å². The third-order valence-corrected chi connectivity index (χ3v) is 5.53. The highest BCUT2D eigenvalue weighted by molar-refractivity contribution is 7.90. The van der Waals surface area contributed by atoms with Crippen LogP contribution in [0.15, 0.2) is 53.4 Å². The fraction of sp³-hybridized carbons (Fsp3) is 0.200. The fourth-order valence-corrected chi connectivity index (χ4v) is 4.09. The molecule has 8 nitrogen and oxygen atoms in total. The number of thiazole rings is 1. The molecule has 0 unspecified atom stereocenters. The Kier molecular flexibility index (Phi) is 4.64. The fourth-order valence-electron chi connectivity index (χ4n) is 2.27. The van der Waals surface area contributed by atoms with Crippen molar-refractivity contribution >= 4 is 37.3 Å². The standard InChI is InChI=1S/C15H15N5O3S2/c1-3-6-20-12-5-4-11(25(2,22)23)7-13(12)24-15(20)18-14(21)8-19-10-16-9-17-19/h3-5,7,9-10H,1,6,8H2,2H3. The zero-order valence-corrected chi connectivity index (χ0v) is 15.0. The molecule has 1 amide bonds. The lowest BCUT2D eigenvalue weighted by Crippen LogP contribution is -2.18. The summed E-state index contributed by atoms with van der Waals surface area (Å²) < 4.78 is 27.4. The molecule has 0 bridgehead atoms. The molecule has 0 fully saturated rings. The number of hydrogen-bond acceptors (Lipinski definition) is 6. The predicted octanol–water partition coefficient (Wildman–Crippen LogP) is 1.01. The summed E-state index contributed by atoms with van der Waals surface area (Å²) in [6.07, 6.45) is 5.63. The number of carbonyl (C=O) groups excluding carboxylic acids is 1. The van der Waals surface area contributed by atoms with Crippen molar-refractivity contribution in [3.63, 3.8) is 0 Å². The number of benzene rings is 1. The first-order valence-electron chi connectivity index (χ1n) is 7.23. The van der Waals surface area contributed by atoms with Crippen LogP contribution in [0.4, 0.5) is 0 Å². The summed E-state index contributed by atoms with van der Waals surface area (Å²) in [7, 11) is -3.31. The van der Waals surface area contributed by atoms with Gasteiger partial charge in [-0.1, -0.05) is 17.4 Å². The molecule has 25 heavy (non-hydrogen) atoms. The first-order valence-corrected chi connectivity index (χ1v) is 9.93. The normalized spacial score (nSPS) is 12.6. The van der Waals surface area contributed by atoms with Crippen LogP contribution in [0.1, 0.15) is 0 Å². The van der Waals surface area contributed by atoms with Crippen LogP contribution in [-0.2, 0) is 27.7 Å². The lowest BCUT2D eigenvalue weighted by Gasteiger charge is -2.02. The molecule has 0 saturated heterocycles. The Hall–Kier alpha value is -2.59. The summed E-state index contributed by atoms with van der Waals surface area (Å²) >= 11 is 1.25. The number of carbonyl (C=O) groups is 1. The molecule has 3 rings (SSSR count). The number of rotatable bonds is 5. The Morgan fingerprint density at radius 2 is 2.24 bits per heavy atom. The number of aromatic nitrogens is 4. The van der Waals surface area contributed by atoms with Gasteiger partial charge in [-0.05, 0) is 18.2 Å². The summed E-state index contributed by atoms with van der Waals surface area (Å²) in [5, 5.41) is 3.88. The van der Waals surface area contributed by atoms with E-state index < -0.39 is 9.84 Å². The first-order chi connectivity index (χ1) is 11.9. The van der Waals surface area contributed by atoms with Crippen molar-refractivity contribution in [2.75, 3.05) is 6.26 Å². The van der Waals surface area contributed by atoms with E-state index in [1.807, 2.05) is 4.57 Å². The average Bonchev–Trinajstić information content (AvgIpc) is 3.15. The third-order valence-electron chi connectivity index (χ3n) is 3.38. The lowest BCUT2D eigenvalue weighted by atomic mass is 10.3. The van der Waals surface area contributed by atoms with Crippen LogP contribution in [0.3, 0.4) is 0 Å². The maximum absolute atomic E-state index is 12.2. The summed E-state index contributed by atoms with van der Waals surface area (Å²) in [4.78, 5) is 20.8. The highest BCUT2D eigenvalue weighted by Gasteiger charge is 2.12. The van der Waals surface area contributed by atoms with Gasteiger partial charge in [0.25, 0.3) is 5.91 Å². The number of nitrogens with zero attached hydrogens (tertiary/aromatic N) is 5. The number of fused-ring (bicyclic) bond motifs is 1. The van der Waals surface area contributed by atoms with E-state index in [1.165, 1.54) is 28.7 Å². The summed E-state index contributed by atoms with van der Waals surface area (Å²) in [5.74, 6) is -0.377. The quantitative estimate of drug-likeness (QED) is 0.618. The van der Waals surface area contributed by atoms with E-state index in [0.29, 0.717) is 11.3 Å². The molecule has 0 aliphatic carbocycles. The molecule has 2 aromatic heterocycles. The minimum atomic E-state index is -3.31. The summed E-state index contributed by atoms with van der Waals surface area (Å²) in [6.45, 7) is 4.15. The topological polar surface area (TPSA) is 99.2 Å². The van der Waals surface area contributed by atoms with Crippen LogP contribution < -0.4 is 4.80 Å². The van der Waals surface area contributed by atoms with E-state index in [-0.39, 0.29) is 17.3 Å². The highest BCUT2D eigenvalue weighted by atomic mass is 32.2. The molecule has 0 N–H and O–H groups in total. The molecular formula is C15H15N5O3S2. The average molecular weight is 377 g/mol. The summed E-state index contributed by atoms with van der Waals surface area (Å²) in [5.41, 5.74) is 0.796. The van der Waals surface area contributed by atoms with Crippen molar-refractivity contribution in [3.05, 3.63) is 48.3 Å². The van der Waals surface area contributed by atoms with Gasteiger partial charge in [-0.3, -0.25) is 4.79 Å². The van der Waals surface area contributed by atoms with Gasteiger partial charge in [0.15, 0.2) is 14.6 Å². The van der Waals surface area contributed by atoms with Crippen LogP contribution in [0.2, 0.25) is 0 Å². The van der Waals surface area contributed by atoms with Crippen LogP contribution >= 0.6 is 11.3 Å². The Labute approximate surface area is 147 Å². The van der Waals surface area contributed by atoms with E-state index >= 15 is 0 Å². The van der Waals surface area contributed by atoms with Crippen LogP contribution in [-0.4, -0.2) is 39.9 Å². The molecule has 0 radical (unpaired) electrons. The Bertz CT molecular complexity index is 1110. The van der Waals surface area contributed by atoms with Gasteiger partial charge in [-0.25, -0.2) is 18.1 Å². The molecule has 0 spiro atoms. The van der Waals surface area contributed by atoms with Crippen molar-refractivity contribution in [1.29, 1.82) is 0 Å². The molecule has 0 aliphatic heterocycles. The first kappa shape index (κ1) is 17.2. The smallest absolute Gasteiger partial charge is 0.270 e. The van der Waals surface area contributed by atoms with Gasteiger partial charge < -0.3 is 4.57 Å². The molecule has 130 valence electrons. The second-order valence-corrected chi connectivity index (χ2v) is 8.31. The second kappa shape index (κ2) is 6.73. The van der Waals surface area contributed by atoms with Crippen molar-refractivity contribution in [2.45, 2.75) is 18.0 Å². The van der Waals surface area contributed by atoms with Gasteiger partial charge in [0.05, 0.1) is 15.1 Å². The SMILES string of the molecule is C=CCn1c(=NC(=O)Cn2cncn2)sc2cc(S(C)(=O)=O)ccc21. The molecule has 0 aliphatic rings. The molecular weight excluding hydrogens is 362 g/mol. The Balaban J connectivity index is 2.09. The molecule has 1 aromatic carbocycles. The van der Waals surface area contributed by atoms with E-state index in [1.54, 1.807) is 24.3 Å². The monoisotopic (exact) mass is 377 g/mol. The Morgan fingerprint density at radius 1 is 1.44 bits per heavy atom. The second-order valence-electron chi connectivity index (χ2n) is 5.28. The third kappa shape index (κ3) is 3.74. The van der Waals surface area contributed by atoms with E-state index in [4.69, 9.17) is 0 Å². The number of hydrogen-bond donors (Lipinski definition) is 0. The predicted molar refractivity (Wildman–Crippen MR) is 93.7 cm³/mol. The maximum atomic E-state index is 12.2. The number of sulfone groups is 1. The van der Waals surface area contributed by atoms with Crippen molar-refractivity contribution in [1.82, 2.24) is 19.3 Å². The highest BCUT2D eigenvalue weighted by Crippen LogP contribution is 2.22. The molecule has 0 atom stereocenters. The number of amides is 1. The van der Waals surface area contributed by atoms with Gasteiger partial charge in [0.2, 0.25) is 0 Å². The van der Waals surface area contributed by atoms with Gasteiger partial charge in [0.1, 0.15) is 19.2 Å². The zero-order valence-electron chi connectivity index (χ0n) is 13.4. The molecule has 0 saturated carbocycles. The van der Waals surface area contributed by atoms with Crippen LogP contribution in [0.25, 0.3) is 10.2 Å².